The maximum atomic E-state index is 5.47. The number of halogens is 1. The van der Waals surface area contributed by atoms with Crippen LogP contribution in [0.3, 0.4) is 0 Å². The Morgan fingerprint density at radius 2 is 2.62 bits per heavy atom. The van der Waals surface area contributed by atoms with E-state index in [1.54, 1.807) is 0 Å². The van der Waals surface area contributed by atoms with E-state index in [1.165, 1.54) is 6.20 Å². The molecule has 0 spiro atoms. The molecule has 1 aromatic heterocycles. The normalized spacial score (nSPS) is 9.75. The highest BCUT2D eigenvalue weighted by molar-refractivity contribution is 6.29. The molecule has 0 aliphatic rings. The number of H-pyrrole nitrogens is 1. The molecule has 3 N–H and O–H groups in total. The topological polar surface area (TPSA) is 54.7 Å². The van der Waals surface area contributed by atoms with Gasteiger partial charge in [-0.3, -0.25) is 0 Å². The molecule has 0 bridgehead atoms. The average molecular weight is 132 g/mol. The fourth-order valence-electron chi connectivity index (χ4n) is 0.441. The van der Waals surface area contributed by atoms with E-state index in [2.05, 4.69) is 9.97 Å². The van der Waals surface area contributed by atoms with Crippen LogP contribution in [0.4, 0.5) is 0 Å². The molecule has 0 atom stereocenters. The van der Waals surface area contributed by atoms with Crippen LogP contribution in [0.2, 0.25) is 5.15 Å². The third-order valence-corrected chi connectivity index (χ3v) is 0.983. The zero-order valence-electron chi connectivity index (χ0n) is 4.19. The fourth-order valence-corrected chi connectivity index (χ4v) is 0.599. The van der Waals surface area contributed by atoms with Crippen LogP contribution in [0.25, 0.3) is 0 Å². The summed E-state index contributed by atoms with van der Waals surface area (Å²) in [5, 5.41) is 0.533. The molecule has 0 aliphatic heterocycles. The number of hydrogen-bond acceptors (Lipinski definition) is 2. The highest BCUT2D eigenvalue weighted by Gasteiger charge is 1.91. The second kappa shape index (κ2) is 2.15. The Hall–Kier alpha value is -0.540. The molecule has 1 heterocycles. The van der Waals surface area contributed by atoms with Crippen molar-refractivity contribution in [3.05, 3.63) is 17.2 Å². The van der Waals surface area contributed by atoms with Gasteiger partial charge in [0.25, 0.3) is 0 Å². The third kappa shape index (κ3) is 0.993. The van der Waals surface area contributed by atoms with Crippen molar-refractivity contribution in [3.8, 4) is 0 Å². The standard InChI is InChI=1S/C4H6ClN3/c5-3-2-7-4(1-6)8-3/h2H,1,6H2,(H,7,8). The number of rotatable bonds is 1. The number of hydrogen-bond donors (Lipinski definition) is 2. The summed E-state index contributed by atoms with van der Waals surface area (Å²) in [4.78, 5) is 6.58. The maximum Gasteiger partial charge on any atom is 0.126 e. The smallest absolute Gasteiger partial charge is 0.126 e. The first-order valence-corrected chi connectivity index (χ1v) is 2.60. The molecule has 0 fully saturated rings. The highest BCUT2D eigenvalue weighted by Crippen LogP contribution is 2.01. The molecule has 44 valence electrons. The molecule has 0 saturated carbocycles. The summed E-state index contributed by atoms with van der Waals surface area (Å²) < 4.78 is 0. The van der Waals surface area contributed by atoms with E-state index < -0.39 is 0 Å². The Bertz CT molecular complexity index is 172. The van der Waals surface area contributed by atoms with Crippen molar-refractivity contribution in [2.45, 2.75) is 6.54 Å². The molecule has 1 rings (SSSR count). The molecule has 0 amide bonds. The van der Waals surface area contributed by atoms with Crippen LogP contribution in [-0.2, 0) is 6.54 Å². The Morgan fingerprint density at radius 1 is 1.88 bits per heavy atom. The molecule has 4 heteroatoms. The lowest BCUT2D eigenvalue weighted by Crippen LogP contribution is -1.97. The van der Waals surface area contributed by atoms with Crippen molar-refractivity contribution in [2.75, 3.05) is 0 Å². The second-order valence-electron chi connectivity index (χ2n) is 1.38. The van der Waals surface area contributed by atoms with Gasteiger partial charge in [-0.1, -0.05) is 11.6 Å². The Labute approximate surface area is 51.9 Å². The number of nitrogens with one attached hydrogen (secondary N) is 1. The van der Waals surface area contributed by atoms with E-state index in [9.17, 15) is 0 Å². The molecular weight excluding hydrogens is 126 g/mol. The summed E-state index contributed by atoms with van der Waals surface area (Å²) >= 11 is 5.47. The predicted octanol–water partition coefficient (Wildman–Crippen LogP) is 0.522. The van der Waals surface area contributed by atoms with Crippen molar-refractivity contribution in [1.82, 2.24) is 9.97 Å². The Kier molecular flexibility index (Phi) is 1.50. The van der Waals surface area contributed by atoms with E-state index in [1.807, 2.05) is 0 Å². The van der Waals surface area contributed by atoms with E-state index in [4.69, 9.17) is 17.3 Å². The van der Waals surface area contributed by atoms with Gasteiger partial charge in [-0.15, -0.1) is 0 Å². The van der Waals surface area contributed by atoms with Crippen LogP contribution < -0.4 is 5.73 Å². The first kappa shape index (κ1) is 5.59. The summed E-state index contributed by atoms with van der Waals surface area (Å²) in [6, 6.07) is 0. The third-order valence-electron chi connectivity index (χ3n) is 0.791. The number of aromatic nitrogens is 2. The van der Waals surface area contributed by atoms with Gasteiger partial charge in [-0.2, -0.15) is 0 Å². The van der Waals surface area contributed by atoms with Gasteiger partial charge >= 0.3 is 0 Å². The van der Waals surface area contributed by atoms with Gasteiger partial charge in [-0.25, -0.2) is 4.98 Å². The van der Waals surface area contributed by atoms with E-state index in [-0.39, 0.29) is 0 Å². The molecule has 0 saturated heterocycles. The largest absolute Gasteiger partial charge is 0.332 e. The molecular formula is C4H6ClN3. The minimum Gasteiger partial charge on any atom is -0.332 e. The molecule has 8 heavy (non-hydrogen) atoms. The van der Waals surface area contributed by atoms with Gasteiger partial charge in [-0.05, 0) is 0 Å². The van der Waals surface area contributed by atoms with E-state index >= 15 is 0 Å². The van der Waals surface area contributed by atoms with Crippen molar-refractivity contribution >= 4 is 11.6 Å². The Morgan fingerprint density at radius 3 is 2.88 bits per heavy atom. The molecule has 3 nitrogen and oxygen atoms in total. The summed E-state index contributed by atoms with van der Waals surface area (Å²) in [6.45, 7) is 0.409. The number of aromatic amines is 1. The van der Waals surface area contributed by atoms with Crippen LogP contribution in [0.15, 0.2) is 6.20 Å². The van der Waals surface area contributed by atoms with Crippen LogP contribution in [0.1, 0.15) is 5.82 Å². The fraction of sp³-hybridized carbons (Fsp3) is 0.250. The van der Waals surface area contributed by atoms with Gasteiger partial charge in [0.1, 0.15) is 11.0 Å². The lowest BCUT2D eigenvalue weighted by molar-refractivity contribution is 0.950. The summed E-state index contributed by atoms with van der Waals surface area (Å²) in [6.07, 6.45) is 1.53. The molecule has 0 radical (unpaired) electrons. The summed E-state index contributed by atoms with van der Waals surface area (Å²) in [5.74, 6) is 0.718. The van der Waals surface area contributed by atoms with Gasteiger partial charge in [0.2, 0.25) is 0 Å². The van der Waals surface area contributed by atoms with Crippen LogP contribution in [0.5, 0.6) is 0 Å². The zero-order chi connectivity index (χ0) is 5.98. The number of imidazole rings is 1. The van der Waals surface area contributed by atoms with Crippen molar-refractivity contribution < 1.29 is 0 Å². The van der Waals surface area contributed by atoms with Crippen molar-refractivity contribution in [3.63, 3.8) is 0 Å². The predicted molar refractivity (Wildman–Crippen MR) is 31.5 cm³/mol. The van der Waals surface area contributed by atoms with Crippen molar-refractivity contribution in [1.29, 1.82) is 0 Å². The second-order valence-corrected chi connectivity index (χ2v) is 1.79. The van der Waals surface area contributed by atoms with Gasteiger partial charge in [0.15, 0.2) is 0 Å². The molecule has 0 unspecified atom stereocenters. The summed E-state index contributed by atoms with van der Waals surface area (Å²) in [5.41, 5.74) is 5.21. The molecule has 1 aromatic rings. The zero-order valence-corrected chi connectivity index (χ0v) is 4.94. The monoisotopic (exact) mass is 131 g/mol. The van der Waals surface area contributed by atoms with E-state index in [0.29, 0.717) is 11.7 Å². The van der Waals surface area contributed by atoms with Crippen LogP contribution in [0, 0.1) is 0 Å². The minimum atomic E-state index is 0.409. The number of nitrogens with zero attached hydrogens (tertiary/aromatic N) is 1. The van der Waals surface area contributed by atoms with Crippen LogP contribution >= 0.6 is 11.6 Å². The quantitative estimate of drug-likeness (QED) is 0.584. The van der Waals surface area contributed by atoms with Gasteiger partial charge in [0.05, 0.1) is 12.7 Å². The Balaban J connectivity index is 2.84. The van der Waals surface area contributed by atoms with Gasteiger partial charge < -0.3 is 10.7 Å². The van der Waals surface area contributed by atoms with Crippen molar-refractivity contribution in [2.24, 2.45) is 5.73 Å². The van der Waals surface area contributed by atoms with Crippen LogP contribution in [-0.4, -0.2) is 9.97 Å². The molecule has 0 aromatic carbocycles. The molecule has 0 aliphatic carbocycles. The maximum absolute atomic E-state index is 5.47. The SMILES string of the molecule is NCc1ncc(Cl)[nH]1. The first-order chi connectivity index (χ1) is 3.83. The summed E-state index contributed by atoms with van der Waals surface area (Å²) in [7, 11) is 0. The lowest BCUT2D eigenvalue weighted by atomic mass is 10.6. The van der Waals surface area contributed by atoms with E-state index in [0.717, 1.165) is 5.82 Å². The minimum absolute atomic E-state index is 0.409. The highest BCUT2D eigenvalue weighted by atomic mass is 35.5. The average Bonchev–Trinajstić information content (AvgIpc) is 2.14. The number of nitrogens with two attached hydrogens (primary N) is 1. The lowest BCUT2D eigenvalue weighted by Gasteiger charge is -1.81. The first-order valence-electron chi connectivity index (χ1n) is 2.22. The van der Waals surface area contributed by atoms with Gasteiger partial charge in [0, 0.05) is 0 Å².